The van der Waals surface area contributed by atoms with E-state index in [1.165, 1.54) is 5.56 Å². The van der Waals surface area contributed by atoms with E-state index in [0.717, 1.165) is 12.4 Å². The van der Waals surface area contributed by atoms with E-state index in [1.54, 1.807) is 24.4 Å². The maximum atomic E-state index is 11.3. The van der Waals surface area contributed by atoms with Gasteiger partial charge in [-0.2, -0.15) is 4.98 Å². The molecular weight excluding hydrogens is 326 g/mol. The van der Waals surface area contributed by atoms with Gasteiger partial charge < -0.3 is 16.4 Å². The summed E-state index contributed by atoms with van der Waals surface area (Å²) in [6.07, 6.45) is 1.68. The van der Waals surface area contributed by atoms with Crippen LogP contribution in [0.15, 0.2) is 66.9 Å². The highest BCUT2D eigenvalue weighted by Gasteiger charge is 2.07. The molecule has 0 aliphatic heterocycles. The number of nitrogens with one attached hydrogen (secondary N) is 2. The monoisotopic (exact) mass is 347 g/mol. The lowest BCUT2D eigenvalue weighted by atomic mass is 10.0. The summed E-state index contributed by atoms with van der Waals surface area (Å²) < 4.78 is 0. The van der Waals surface area contributed by atoms with E-state index in [9.17, 15) is 4.79 Å². The summed E-state index contributed by atoms with van der Waals surface area (Å²) in [7, 11) is 0. The highest BCUT2D eigenvalue weighted by atomic mass is 16.1. The smallest absolute Gasteiger partial charge is 0.248 e. The molecule has 0 fully saturated rings. The standard InChI is InChI=1S/C20H21N5O/c1-14(15-6-3-2-4-7-15)13-23-18-10-11-22-20(25-18)24-17-9-5-8-16(12-17)19(21)26/h2-12,14H,13H2,1H3,(H2,21,26)(H2,22,23,24,25)/t14-/m1/s1. The average Bonchev–Trinajstić information content (AvgIpc) is 2.67. The fourth-order valence-corrected chi connectivity index (χ4v) is 2.55. The van der Waals surface area contributed by atoms with Crippen LogP contribution in [0.5, 0.6) is 0 Å². The molecule has 0 bridgehead atoms. The summed E-state index contributed by atoms with van der Waals surface area (Å²) in [5.74, 6) is 1.06. The number of hydrogen-bond acceptors (Lipinski definition) is 5. The van der Waals surface area contributed by atoms with E-state index in [0.29, 0.717) is 23.1 Å². The van der Waals surface area contributed by atoms with Crippen molar-refractivity contribution in [2.45, 2.75) is 12.8 Å². The van der Waals surface area contributed by atoms with Crippen molar-refractivity contribution in [3.05, 3.63) is 78.0 Å². The average molecular weight is 347 g/mol. The molecule has 0 saturated carbocycles. The minimum absolute atomic E-state index is 0.356. The Morgan fingerprint density at radius 1 is 1.12 bits per heavy atom. The van der Waals surface area contributed by atoms with Crippen LogP contribution in [0, 0.1) is 0 Å². The van der Waals surface area contributed by atoms with Crippen LogP contribution in [-0.4, -0.2) is 22.4 Å². The molecule has 2 aromatic carbocycles. The van der Waals surface area contributed by atoms with Gasteiger partial charge in [0.2, 0.25) is 11.9 Å². The first-order valence-electron chi connectivity index (χ1n) is 8.40. The molecule has 0 saturated heterocycles. The molecule has 0 unspecified atom stereocenters. The summed E-state index contributed by atoms with van der Waals surface area (Å²) in [6.45, 7) is 2.93. The third-order valence-corrected chi connectivity index (χ3v) is 4.02. The number of benzene rings is 2. The number of nitrogens with two attached hydrogens (primary N) is 1. The maximum Gasteiger partial charge on any atom is 0.248 e. The first-order chi connectivity index (χ1) is 12.6. The van der Waals surface area contributed by atoms with Gasteiger partial charge in [-0.1, -0.05) is 43.3 Å². The quantitative estimate of drug-likeness (QED) is 0.608. The van der Waals surface area contributed by atoms with Gasteiger partial charge in [-0.3, -0.25) is 4.79 Å². The Hall–Kier alpha value is -3.41. The molecule has 0 aliphatic carbocycles. The number of hydrogen-bond donors (Lipinski definition) is 3. The minimum atomic E-state index is -0.472. The Bertz CT molecular complexity index is 882. The number of carbonyl (C=O) groups is 1. The van der Waals surface area contributed by atoms with E-state index in [4.69, 9.17) is 5.73 Å². The molecule has 4 N–H and O–H groups in total. The summed E-state index contributed by atoms with van der Waals surface area (Å²) >= 11 is 0. The summed E-state index contributed by atoms with van der Waals surface area (Å²) in [5.41, 5.74) is 7.72. The SMILES string of the molecule is C[C@H](CNc1ccnc(Nc2cccc(C(N)=O)c2)n1)c1ccccc1. The highest BCUT2D eigenvalue weighted by Crippen LogP contribution is 2.18. The Balaban J connectivity index is 1.65. The predicted molar refractivity (Wildman–Crippen MR) is 104 cm³/mol. The molecule has 6 heteroatoms. The van der Waals surface area contributed by atoms with Gasteiger partial charge in [0.25, 0.3) is 0 Å². The predicted octanol–water partition coefficient (Wildman–Crippen LogP) is 3.53. The van der Waals surface area contributed by atoms with Crippen molar-refractivity contribution in [3.8, 4) is 0 Å². The molecule has 1 amide bonds. The number of amides is 1. The van der Waals surface area contributed by atoms with E-state index in [2.05, 4.69) is 39.7 Å². The molecule has 3 aromatic rings. The van der Waals surface area contributed by atoms with Gasteiger partial charge in [0, 0.05) is 24.0 Å². The molecule has 132 valence electrons. The first-order valence-corrected chi connectivity index (χ1v) is 8.40. The molecule has 6 nitrogen and oxygen atoms in total. The molecule has 1 atom stereocenters. The Kier molecular flexibility index (Phi) is 5.43. The van der Waals surface area contributed by atoms with Crippen LogP contribution < -0.4 is 16.4 Å². The Morgan fingerprint density at radius 3 is 2.69 bits per heavy atom. The van der Waals surface area contributed by atoms with E-state index in [-0.39, 0.29) is 0 Å². The van der Waals surface area contributed by atoms with Gasteiger partial charge in [-0.25, -0.2) is 4.98 Å². The van der Waals surface area contributed by atoms with Gasteiger partial charge in [-0.05, 0) is 35.7 Å². The van der Waals surface area contributed by atoms with Gasteiger partial charge in [0.1, 0.15) is 5.82 Å². The number of anilines is 3. The topological polar surface area (TPSA) is 92.9 Å². The second-order valence-corrected chi connectivity index (χ2v) is 6.03. The highest BCUT2D eigenvalue weighted by molar-refractivity contribution is 5.93. The number of carbonyl (C=O) groups excluding carboxylic acids is 1. The van der Waals surface area contributed by atoms with E-state index in [1.807, 2.05) is 30.3 Å². The van der Waals surface area contributed by atoms with Crippen molar-refractivity contribution in [2.75, 3.05) is 17.2 Å². The minimum Gasteiger partial charge on any atom is -0.369 e. The largest absolute Gasteiger partial charge is 0.369 e. The Labute approximate surface area is 152 Å². The molecule has 1 heterocycles. The number of rotatable bonds is 7. The number of nitrogens with zero attached hydrogens (tertiary/aromatic N) is 2. The van der Waals surface area contributed by atoms with Crippen LogP contribution in [-0.2, 0) is 0 Å². The zero-order valence-electron chi connectivity index (χ0n) is 14.5. The van der Waals surface area contributed by atoms with Crippen LogP contribution in [0.25, 0.3) is 0 Å². The summed E-state index contributed by atoms with van der Waals surface area (Å²) in [6, 6.07) is 19.1. The van der Waals surface area contributed by atoms with Crippen LogP contribution in [0.3, 0.4) is 0 Å². The zero-order chi connectivity index (χ0) is 18.4. The van der Waals surface area contributed by atoms with Crippen molar-refractivity contribution in [2.24, 2.45) is 5.73 Å². The van der Waals surface area contributed by atoms with Gasteiger partial charge in [0.05, 0.1) is 0 Å². The molecular formula is C20H21N5O. The number of primary amides is 1. The van der Waals surface area contributed by atoms with Crippen LogP contribution in [0.1, 0.15) is 28.8 Å². The second kappa shape index (κ2) is 8.11. The van der Waals surface area contributed by atoms with E-state index < -0.39 is 5.91 Å². The Morgan fingerprint density at radius 2 is 1.92 bits per heavy atom. The maximum absolute atomic E-state index is 11.3. The van der Waals surface area contributed by atoms with Crippen molar-refractivity contribution in [3.63, 3.8) is 0 Å². The third-order valence-electron chi connectivity index (χ3n) is 4.02. The normalized spacial score (nSPS) is 11.6. The lowest BCUT2D eigenvalue weighted by Crippen LogP contribution is -2.12. The third kappa shape index (κ3) is 4.57. The van der Waals surface area contributed by atoms with Crippen molar-refractivity contribution in [1.29, 1.82) is 0 Å². The van der Waals surface area contributed by atoms with Crippen LogP contribution in [0.2, 0.25) is 0 Å². The van der Waals surface area contributed by atoms with Gasteiger partial charge in [0.15, 0.2) is 0 Å². The molecule has 1 aromatic heterocycles. The zero-order valence-corrected chi connectivity index (χ0v) is 14.5. The van der Waals surface area contributed by atoms with Gasteiger partial charge >= 0.3 is 0 Å². The molecule has 0 aliphatic rings. The van der Waals surface area contributed by atoms with Crippen LogP contribution in [0.4, 0.5) is 17.5 Å². The van der Waals surface area contributed by atoms with Crippen molar-refractivity contribution >= 4 is 23.4 Å². The van der Waals surface area contributed by atoms with Crippen molar-refractivity contribution < 1.29 is 4.79 Å². The lowest BCUT2D eigenvalue weighted by Gasteiger charge is -2.14. The first kappa shape index (κ1) is 17.4. The van der Waals surface area contributed by atoms with Crippen LogP contribution >= 0.6 is 0 Å². The van der Waals surface area contributed by atoms with Gasteiger partial charge in [-0.15, -0.1) is 0 Å². The number of aromatic nitrogens is 2. The lowest BCUT2D eigenvalue weighted by molar-refractivity contribution is 0.100. The molecule has 3 rings (SSSR count). The molecule has 0 radical (unpaired) electrons. The van der Waals surface area contributed by atoms with E-state index >= 15 is 0 Å². The second-order valence-electron chi connectivity index (χ2n) is 6.03. The molecule has 26 heavy (non-hydrogen) atoms. The fourth-order valence-electron chi connectivity index (χ4n) is 2.55. The summed E-state index contributed by atoms with van der Waals surface area (Å²) in [4.78, 5) is 20.0. The summed E-state index contributed by atoms with van der Waals surface area (Å²) in [5, 5.41) is 6.42. The van der Waals surface area contributed by atoms with Crippen molar-refractivity contribution in [1.82, 2.24) is 9.97 Å². The fraction of sp³-hybridized carbons (Fsp3) is 0.150. The molecule has 0 spiro atoms.